The van der Waals surface area contributed by atoms with Gasteiger partial charge in [-0.05, 0) is 0 Å². The summed E-state index contributed by atoms with van der Waals surface area (Å²) in [5, 5.41) is 4.35. The first-order valence-corrected chi connectivity index (χ1v) is 5.28. The fourth-order valence-corrected chi connectivity index (χ4v) is 3.00. The first-order valence-electron chi connectivity index (χ1n) is 1.88. The van der Waals surface area contributed by atoms with Crippen molar-refractivity contribution < 1.29 is 0 Å². The first-order chi connectivity index (χ1) is 2.89. The van der Waals surface area contributed by atoms with Crippen molar-refractivity contribution in [1.29, 1.82) is 0 Å². The van der Waals surface area contributed by atoms with Crippen LogP contribution in [0.5, 0.6) is 0 Å². The van der Waals surface area contributed by atoms with Crippen molar-refractivity contribution in [2.24, 2.45) is 0 Å². The second kappa shape index (κ2) is 2.73. The number of hydrogen-bond acceptors (Lipinski definition) is 1. The summed E-state index contributed by atoms with van der Waals surface area (Å²) < 4.78 is 1.57. The summed E-state index contributed by atoms with van der Waals surface area (Å²) in [6.07, 6.45) is 0. The monoisotopic (exact) mass is 168 g/mol. The van der Waals surface area contributed by atoms with E-state index in [-0.39, 0.29) is 0 Å². The summed E-state index contributed by atoms with van der Waals surface area (Å²) in [5.74, 6) is 0. The van der Waals surface area contributed by atoms with Crippen LogP contribution in [0.4, 0.5) is 0 Å². The van der Waals surface area contributed by atoms with Crippen molar-refractivity contribution in [2.45, 2.75) is 0 Å². The van der Waals surface area contributed by atoms with Gasteiger partial charge in [-0.1, -0.05) is 0 Å². The number of hydrogen-bond donors (Lipinski definition) is 0. The molecule has 2 heteroatoms. The quantitative estimate of drug-likeness (QED) is 0.531. The van der Waals surface area contributed by atoms with Crippen molar-refractivity contribution in [2.75, 3.05) is 0 Å². The average Bonchev–Trinajstić information content (AvgIpc) is 1.86. The van der Waals surface area contributed by atoms with Crippen molar-refractivity contribution in [3.8, 4) is 0 Å². The molecule has 0 nitrogen and oxygen atoms in total. The van der Waals surface area contributed by atoms with E-state index in [0.717, 1.165) is 55.5 Å². The molecule has 0 spiro atoms. The van der Waals surface area contributed by atoms with Crippen LogP contribution >= 0.6 is 11.3 Å². The van der Waals surface area contributed by atoms with Gasteiger partial charge in [-0.15, -0.1) is 0 Å². The van der Waals surface area contributed by atoms with Gasteiger partial charge in [0.1, 0.15) is 0 Å². The molecule has 0 bridgehead atoms. The molecular weight excluding hydrogens is 166 g/mol. The Morgan fingerprint density at radius 1 is 1.67 bits per heavy atom. The zero-order valence-corrected chi connectivity index (χ0v) is 9.37. The van der Waals surface area contributed by atoms with E-state index in [9.17, 15) is 0 Å². The molecule has 0 saturated carbocycles. The van der Waals surface area contributed by atoms with Gasteiger partial charge in [-0.25, -0.2) is 0 Å². The molecule has 0 aromatic carbocycles. The van der Waals surface area contributed by atoms with Gasteiger partial charge in [-0.3, -0.25) is 0 Å². The molecule has 0 aliphatic heterocycles. The SMILES string of the molecule is [Rb][c]1ccsc1. The molecule has 0 saturated heterocycles. The van der Waals surface area contributed by atoms with E-state index in [4.69, 9.17) is 0 Å². The molecule has 0 radical (unpaired) electrons. The Kier molecular flexibility index (Phi) is 2.56. The number of rotatable bonds is 0. The molecule has 0 amide bonds. The van der Waals surface area contributed by atoms with Gasteiger partial charge < -0.3 is 0 Å². The molecule has 0 aliphatic carbocycles. The Labute approximate surface area is 80.3 Å². The van der Waals surface area contributed by atoms with Crippen LogP contribution in [0.1, 0.15) is 0 Å². The fraction of sp³-hybridized carbons (Fsp3) is 0. The van der Waals surface area contributed by atoms with Gasteiger partial charge in [0, 0.05) is 0 Å². The molecule has 0 fully saturated rings. The van der Waals surface area contributed by atoms with Crippen LogP contribution in [0.25, 0.3) is 0 Å². The van der Waals surface area contributed by atoms with Crippen molar-refractivity contribution in [3.63, 3.8) is 0 Å². The summed E-state index contributed by atoms with van der Waals surface area (Å²) in [4.78, 5) is 0. The fourth-order valence-electron chi connectivity index (χ4n) is 0.333. The van der Waals surface area contributed by atoms with E-state index in [0.29, 0.717) is 0 Å². The third-order valence-corrected chi connectivity index (χ3v) is 4.02. The van der Waals surface area contributed by atoms with Gasteiger partial charge in [-0.2, -0.15) is 0 Å². The van der Waals surface area contributed by atoms with Crippen LogP contribution in [0.3, 0.4) is 0 Å². The van der Waals surface area contributed by atoms with Gasteiger partial charge in [0.15, 0.2) is 0 Å². The predicted molar refractivity (Wildman–Crippen MR) is 29.7 cm³/mol. The van der Waals surface area contributed by atoms with Crippen LogP contribution in [-0.2, 0) is 0 Å². The van der Waals surface area contributed by atoms with Crippen LogP contribution in [-0.4, -0.2) is 55.5 Å². The minimum atomic E-state index is 0.752. The Morgan fingerprint density at radius 3 is 2.67 bits per heavy atom. The third kappa shape index (κ3) is 1.54. The zero-order chi connectivity index (χ0) is 4.41. The number of thiophene rings is 1. The molecular formula is C4H3RbS. The Hall–Kier alpha value is 1.51. The molecule has 1 heterocycles. The molecule has 0 unspecified atom stereocenters. The topological polar surface area (TPSA) is 0 Å². The summed E-state index contributed by atoms with van der Waals surface area (Å²) in [6, 6.07) is 2.20. The molecule has 1 aromatic heterocycles. The van der Waals surface area contributed by atoms with Crippen molar-refractivity contribution in [3.05, 3.63) is 16.8 Å². The van der Waals surface area contributed by atoms with E-state index in [1.165, 1.54) is 0 Å². The maximum absolute atomic E-state index is 2.22. The second-order valence-corrected chi connectivity index (χ2v) is 4.92. The van der Waals surface area contributed by atoms with E-state index < -0.39 is 0 Å². The molecule has 6 heavy (non-hydrogen) atoms. The molecule has 26 valence electrons. The van der Waals surface area contributed by atoms with Crippen molar-refractivity contribution in [1.82, 2.24) is 0 Å². The van der Waals surface area contributed by atoms with Gasteiger partial charge in [0.25, 0.3) is 0 Å². The Balaban J connectivity index is 3.05. The second-order valence-electron chi connectivity index (χ2n) is 1.30. The third-order valence-electron chi connectivity index (χ3n) is 0.663. The summed E-state index contributed by atoms with van der Waals surface area (Å²) in [6.45, 7) is 0. The van der Waals surface area contributed by atoms with E-state index in [2.05, 4.69) is 16.8 Å². The molecule has 0 aliphatic rings. The van der Waals surface area contributed by atoms with Gasteiger partial charge >= 0.3 is 82.3 Å². The minimum absolute atomic E-state index is 0.752. The van der Waals surface area contributed by atoms with Crippen molar-refractivity contribution >= 4 is 65.5 Å². The van der Waals surface area contributed by atoms with Crippen LogP contribution < -0.4 is -1.37 Å². The average molecular weight is 169 g/mol. The van der Waals surface area contributed by atoms with E-state index >= 15 is 0 Å². The van der Waals surface area contributed by atoms with Gasteiger partial charge in [0.05, 0.1) is 0 Å². The Morgan fingerprint density at radius 2 is 2.50 bits per heavy atom. The van der Waals surface area contributed by atoms with Gasteiger partial charge in [0.2, 0.25) is 0 Å². The first kappa shape index (κ1) is 5.64. The standard InChI is InChI=1S/C4H3S.Rb/c1-2-4-5-3-1;/h1,3-4H;. The normalized spacial score (nSPS) is 9.00. The van der Waals surface area contributed by atoms with E-state index in [1.807, 2.05) is 0 Å². The summed E-state index contributed by atoms with van der Waals surface area (Å²) >= 11 is 2.54. The molecule has 1 rings (SSSR count). The molecule has 1 aromatic rings. The van der Waals surface area contributed by atoms with Crippen LogP contribution in [0.15, 0.2) is 16.8 Å². The summed E-state index contributed by atoms with van der Waals surface area (Å²) in [5.41, 5.74) is 0. The van der Waals surface area contributed by atoms with Crippen LogP contribution in [0, 0.1) is 0 Å². The van der Waals surface area contributed by atoms with E-state index in [1.54, 1.807) is 9.97 Å². The molecule has 0 N–H and O–H groups in total. The zero-order valence-electron chi connectivity index (χ0n) is 3.64. The maximum atomic E-state index is 2.22. The predicted octanol–water partition coefficient (Wildman–Crippen LogP) is 0.542. The molecule has 0 atom stereocenters. The summed E-state index contributed by atoms with van der Waals surface area (Å²) in [7, 11) is 0. The van der Waals surface area contributed by atoms with Crippen LogP contribution in [0.2, 0.25) is 0 Å². The Bertz CT molecular complexity index is 111.